The lowest BCUT2D eigenvalue weighted by Crippen LogP contribution is -2.52. The molecule has 1 amide bonds. The first-order valence-corrected chi connectivity index (χ1v) is 8.82. The lowest BCUT2D eigenvalue weighted by atomic mass is 9.83. The topological polar surface area (TPSA) is 51.5 Å². The summed E-state index contributed by atoms with van der Waals surface area (Å²) >= 11 is 0. The first-order chi connectivity index (χ1) is 12.1. The first-order valence-electron chi connectivity index (χ1n) is 8.82. The Morgan fingerprint density at radius 3 is 2.68 bits per heavy atom. The summed E-state index contributed by atoms with van der Waals surface area (Å²) in [6.07, 6.45) is 0.528. The van der Waals surface area contributed by atoms with Gasteiger partial charge in [0.05, 0.1) is 0 Å². The van der Waals surface area contributed by atoms with Crippen LogP contribution in [0.2, 0.25) is 0 Å². The first kappa shape index (κ1) is 15.9. The number of benzene rings is 1. The van der Waals surface area contributed by atoms with Gasteiger partial charge in [0.25, 0.3) is 11.5 Å². The Labute approximate surface area is 146 Å². The molecule has 2 bridgehead atoms. The van der Waals surface area contributed by atoms with Crippen molar-refractivity contribution in [2.45, 2.75) is 31.9 Å². The molecule has 0 aliphatic carbocycles. The van der Waals surface area contributed by atoms with Crippen LogP contribution in [0.3, 0.4) is 0 Å². The highest BCUT2D eigenvalue weighted by atomic mass is 16.5. The van der Waals surface area contributed by atoms with Crippen LogP contribution in [0, 0.1) is 5.92 Å². The molecule has 25 heavy (non-hydrogen) atoms. The molecule has 1 aromatic carbocycles. The van der Waals surface area contributed by atoms with E-state index >= 15 is 0 Å². The van der Waals surface area contributed by atoms with Crippen LogP contribution in [0.1, 0.15) is 25.0 Å². The Balaban J connectivity index is 1.50. The molecular weight excluding hydrogens is 316 g/mol. The van der Waals surface area contributed by atoms with Gasteiger partial charge in [-0.3, -0.25) is 9.59 Å². The summed E-state index contributed by atoms with van der Waals surface area (Å²) < 4.78 is 7.67. The van der Waals surface area contributed by atoms with E-state index in [9.17, 15) is 9.59 Å². The van der Waals surface area contributed by atoms with Gasteiger partial charge in [-0.15, -0.1) is 0 Å². The number of nitrogens with zero attached hydrogens (tertiary/aromatic N) is 2. The van der Waals surface area contributed by atoms with Crippen molar-refractivity contribution >= 4 is 5.91 Å². The zero-order chi connectivity index (χ0) is 17.4. The van der Waals surface area contributed by atoms with Crippen molar-refractivity contribution < 1.29 is 9.53 Å². The molecule has 2 aliphatic heterocycles. The Hall–Kier alpha value is -2.56. The lowest BCUT2D eigenvalue weighted by Gasteiger charge is -2.43. The number of rotatable bonds is 3. The van der Waals surface area contributed by atoms with E-state index in [-0.39, 0.29) is 17.4 Å². The quantitative estimate of drug-likeness (QED) is 0.863. The number of pyridine rings is 1. The average Bonchev–Trinajstić information content (AvgIpc) is 2.63. The summed E-state index contributed by atoms with van der Waals surface area (Å²) in [4.78, 5) is 26.8. The number of likely N-dealkylation sites (tertiary alicyclic amines) is 1. The minimum atomic E-state index is -0.515. The summed E-state index contributed by atoms with van der Waals surface area (Å²) in [5, 5.41) is 0. The van der Waals surface area contributed by atoms with Crippen LogP contribution in [0.5, 0.6) is 5.75 Å². The van der Waals surface area contributed by atoms with Crippen LogP contribution >= 0.6 is 0 Å². The number of piperidine rings is 1. The van der Waals surface area contributed by atoms with Gasteiger partial charge in [-0.1, -0.05) is 24.3 Å². The lowest BCUT2D eigenvalue weighted by molar-refractivity contribution is -0.140. The minimum Gasteiger partial charge on any atom is -0.481 e. The summed E-state index contributed by atoms with van der Waals surface area (Å²) in [5.74, 6) is 1.29. The van der Waals surface area contributed by atoms with E-state index < -0.39 is 6.10 Å². The highest BCUT2D eigenvalue weighted by molar-refractivity contribution is 5.81. The fraction of sp³-hybridized carbons (Fsp3) is 0.400. The summed E-state index contributed by atoms with van der Waals surface area (Å²) in [6.45, 7) is 3.85. The molecule has 1 saturated heterocycles. The van der Waals surface area contributed by atoms with Gasteiger partial charge in [0.15, 0.2) is 6.10 Å². The molecule has 2 aliphatic rings. The third kappa shape index (κ3) is 3.06. The number of ether oxygens (including phenoxy) is 1. The maximum atomic E-state index is 12.8. The third-order valence-electron chi connectivity index (χ3n) is 5.20. The fourth-order valence-corrected chi connectivity index (χ4v) is 4.09. The van der Waals surface area contributed by atoms with Gasteiger partial charge in [0.2, 0.25) is 0 Å². The van der Waals surface area contributed by atoms with Crippen LogP contribution in [0.4, 0.5) is 0 Å². The van der Waals surface area contributed by atoms with E-state index in [1.165, 1.54) is 0 Å². The second-order valence-corrected chi connectivity index (χ2v) is 7.01. The maximum Gasteiger partial charge on any atom is 0.263 e. The van der Waals surface area contributed by atoms with E-state index in [1.807, 2.05) is 51.9 Å². The number of para-hydroxylation sites is 1. The van der Waals surface area contributed by atoms with Crippen LogP contribution in [0.25, 0.3) is 0 Å². The van der Waals surface area contributed by atoms with E-state index in [4.69, 9.17) is 4.74 Å². The van der Waals surface area contributed by atoms with Gasteiger partial charge < -0.3 is 14.2 Å². The Morgan fingerprint density at radius 1 is 1.08 bits per heavy atom. The molecule has 4 rings (SSSR count). The second-order valence-electron chi connectivity index (χ2n) is 7.01. The molecule has 5 nitrogen and oxygen atoms in total. The molecule has 0 spiro atoms. The number of hydrogen-bond acceptors (Lipinski definition) is 3. The fourth-order valence-electron chi connectivity index (χ4n) is 4.09. The number of carbonyl (C=O) groups excluding carboxylic acids is 1. The Morgan fingerprint density at radius 2 is 1.88 bits per heavy atom. The summed E-state index contributed by atoms with van der Waals surface area (Å²) in [7, 11) is 0. The van der Waals surface area contributed by atoms with Gasteiger partial charge >= 0.3 is 0 Å². The number of hydrogen-bond donors (Lipinski definition) is 0. The molecule has 0 saturated carbocycles. The van der Waals surface area contributed by atoms with Crippen molar-refractivity contribution in [2.75, 3.05) is 13.1 Å². The summed E-state index contributed by atoms with van der Waals surface area (Å²) in [5.41, 5.74) is 1.12. The second kappa shape index (κ2) is 6.39. The van der Waals surface area contributed by atoms with E-state index in [1.54, 1.807) is 13.0 Å². The number of amides is 1. The molecule has 0 N–H and O–H groups in total. The van der Waals surface area contributed by atoms with Crippen molar-refractivity contribution in [3.8, 4) is 5.75 Å². The number of carbonyl (C=O) groups is 1. The maximum absolute atomic E-state index is 12.8. The summed E-state index contributed by atoms with van der Waals surface area (Å²) in [6, 6.07) is 14.9. The van der Waals surface area contributed by atoms with Gasteiger partial charge in [0, 0.05) is 37.3 Å². The van der Waals surface area contributed by atoms with E-state index in [0.717, 1.165) is 12.1 Å². The molecule has 130 valence electrons. The van der Waals surface area contributed by atoms with Crippen molar-refractivity contribution in [1.29, 1.82) is 0 Å². The van der Waals surface area contributed by atoms with Crippen LogP contribution < -0.4 is 10.3 Å². The van der Waals surface area contributed by atoms with E-state index in [2.05, 4.69) is 0 Å². The SMILES string of the molecule is CC(Oc1ccccc1)C(=O)N1CC2CC(C1)c1cccc(=O)n1C2. The molecule has 0 radical (unpaired) electrons. The van der Waals surface area contributed by atoms with Crippen molar-refractivity contribution in [1.82, 2.24) is 9.47 Å². The molecule has 3 atom stereocenters. The average molecular weight is 338 g/mol. The normalized spacial score (nSPS) is 22.8. The number of fused-ring (bicyclic) bond motifs is 4. The monoisotopic (exact) mass is 338 g/mol. The van der Waals surface area contributed by atoms with Gasteiger partial charge in [-0.2, -0.15) is 0 Å². The van der Waals surface area contributed by atoms with Crippen molar-refractivity contribution in [3.63, 3.8) is 0 Å². The standard InChI is InChI=1S/C20H22N2O3/c1-14(25-17-6-3-2-4-7-17)20(24)21-11-15-10-16(13-21)18-8-5-9-19(23)22(18)12-15/h2-9,14-16H,10-13H2,1H3. The van der Waals surface area contributed by atoms with Crippen LogP contribution in [-0.2, 0) is 11.3 Å². The predicted octanol–water partition coefficient (Wildman–Crippen LogP) is 2.26. The van der Waals surface area contributed by atoms with Crippen molar-refractivity contribution in [2.24, 2.45) is 5.92 Å². The molecule has 3 unspecified atom stereocenters. The van der Waals surface area contributed by atoms with E-state index in [0.29, 0.717) is 31.3 Å². The zero-order valence-electron chi connectivity index (χ0n) is 14.3. The molecule has 1 aromatic heterocycles. The molecule has 3 heterocycles. The van der Waals surface area contributed by atoms with Crippen LogP contribution in [-0.4, -0.2) is 34.6 Å². The van der Waals surface area contributed by atoms with Crippen LogP contribution in [0.15, 0.2) is 53.3 Å². The Kier molecular flexibility index (Phi) is 4.07. The highest BCUT2D eigenvalue weighted by Crippen LogP contribution is 2.35. The Bertz CT molecular complexity index is 830. The smallest absolute Gasteiger partial charge is 0.263 e. The molecule has 1 fully saturated rings. The van der Waals surface area contributed by atoms with Gasteiger partial charge in [-0.05, 0) is 37.5 Å². The third-order valence-corrected chi connectivity index (χ3v) is 5.20. The van der Waals surface area contributed by atoms with Gasteiger partial charge in [0.1, 0.15) is 5.75 Å². The molecular formula is C20H22N2O3. The predicted molar refractivity (Wildman–Crippen MR) is 94.7 cm³/mol. The zero-order valence-corrected chi connectivity index (χ0v) is 14.3. The van der Waals surface area contributed by atoms with Gasteiger partial charge in [-0.25, -0.2) is 0 Å². The largest absolute Gasteiger partial charge is 0.481 e. The minimum absolute atomic E-state index is 0.0188. The molecule has 5 heteroatoms. The van der Waals surface area contributed by atoms with Crippen molar-refractivity contribution in [3.05, 3.63) is 64.6 Å². The highest BCUT2D eigenvalue weighted by Gasteiger charge is 2.37. The molecule has 2 aromatic rings. The number of aromatic nitrogens is 1.